The van der Waals surface area contributed by atoms with Crippen LogP contribution in [-0.2, 0) is 0 Å². The van der Waals surface area contributed by atoms with Gasteiger partial charge >= 0.3 is 0 Å². The molecular weight excluding hydrogens is 194 g/mol. The largest absolute Gasteiger partial charge is 0.299 e. The maximum absolute atomic E-state index is 5.46. The second-order valence-electron chi connectivity index (χ2n) is 3.33. The molecule has 3 nitrogen and oxygen atoms in total. The summed E-state index contributed by atoms with van der Waals surface area (Å²) in [6, 6.07) is -0.0441. The van der Waals surface area contributed by atoms with Crippen LogP contribution < -0.4 is 5.32 Å². The predicted octanol–water partition coefficient (Wildman–Crippen LogP) is 1.95. The molecule has 1 aromatic heterocycles. The van der Waals surface area contributed by atoms with Crippen molar-refractivity contribution in [3.05, 3.63) is 10.6 Å². The van der Waals surface area contributed by atoms with Gasteiger partial charge in [-0.05, 0) is 24.0 Å². The zero-order valence-corrected chi connectivity index (χ0v) is 9.56. The van der Waals surface area contributed by atoms with Crippen LogP contribution in [0.15, 0.2) is 0 Å². The Labute approximate surface area is 89.1 Å². The van der Waals surface area contributed by atoms with E-state index in [0.717, 1.165) is 17.1 Å². The molecule has 0 aliphatic rings. The first-order valence-corrected chi connectivity index (χ1v) is 5.49. The van der Waals surface area contributed by atoms with Crippen LogP contribution in [0.3, 0.4) is 0 Å². The minimum Gasteiger partial charge on any atom is -0.299 e. The molecule has 1 unspecified atom stereocenters. The van der Waals surface area contributed by atoms with Crippen molar-refractivity contribution in [1.82, 2.24) is 14.9 Å². The SMILES string of the molecule is C#CC(NCC)c1snnc1C(C)C. The lowest BCUT2D eigenvalue weighted by Crippen LogP contribution is -2.19. The molecule has 0 fully saturated rings. The van der Waals surface area contributed by atoms with Crippen molar-refractivity contribution in [2.45, 2.75) is 32.7 Å². The average Bonchev–Trinajstić information content (AvgIpc) is 2.62. The van der Waals surface area contributed by atoms with Crippen LogP contribution in [0.2, 0.25) is 0 Å². The van der Waals surface area contributed by atoms with Gasteiger partial charge in [0, 0.05) is 0 Å². The summed E-state index contributed by atoms with van der Waals surface area (Å²) in [6.07, 6.45) is 5.46. The predicted molar refractivity (Wildman–Crippen MR) is 59.2 cm³/mol. The Hall–Kier alpha value is -0.920. The van der Waals surface area contributed by atoms with E-state index in [1.165, 1.54) is 11.5 Å². The molecule has 1 rings (SSSR count). The highest BCUT2D eigenvalue weighted by molar-refractivity contribution is 7.05. The first-order chi connectivity index (χ1) is 6.70. The lowest BCUT2D eigenvalue weighted by Gasteiger charge is -2.11. The summed E-state index contributed by atoms with van der Waals surface area (Å²) in [4.78, 5) is 1.07. The maximum Gasteiger partial charge on any atom is 0.107 e. The van der Waals surface area contributed by atoms with E-state index in [1.807, 2.05) is 6.92 Å². The molecule has 0 aromatic carbocycles. The van der Waals surface area contributed by atoms with E-state index < -0.39 is 0 Å². The highest BCUT2D eigenvalue weighted by Gasteiger charge is 2.18. The molecule has 1 heterocycles. The maximum atomic E-state index is 5.46. The van der Waals surface area contributed by atoms with Crippen LogP contribution in [0.1, 0.15) is 43.3 Å². The van der Waals surface area contributed by atoms with Crippen molar-refractivity contribution in [3.63, 3.8) is 0 Å². The number of aromatic nitrogens is 2. The van der Waals surface area contributed by atoms with Gasteiger partial charge in [0.25, 0.3) is 0 Å². The summed E-state index contributed by atoms with van der Waals surface area (Å²) in [5.74, 6) is 3.09. The zero-order chi connectivity index (χ0) is 10.6. The molecule has 0 aliphatic heterocycles. The fraction of sp³-hybridized carbons (Fsp3) is 0.600. The summed E-state index contributed by atoms with van der Waals surface area (Å²) in [6.45, 7) is 7.08. The van der Waals surface area contributed by atoms with Crippen LogP contribution in [0.5, 0.6) is 0 Å². The summed E-state index contributed by atoms with van der Waals surface area (Å²) in [7, 11) is 0. The summed E-state index contributed by atoms with van der Waals surface area (Å²) < 4.78 is 3.95. The number of hydrogen-bond donors (Lipinski definition) is 1. The van der Waals surface area contributed by atoms with Gasteiger partial charge < -0.3 is 0 Å². The van der Waals surface area contributed by atoms with Gasteiger partial charge in [-0.3, -0.25) is 5.32 Å². The molecule has 0 saturated heterocycles. The third-order valence-corrected chi connectivity index (χ3v) is 2.73. The number of nitrogens with one attached hydrogen (secondary N) is 1. The van der Waals surface area contributed by atoms with Gasteiger partial charge in [0.05, 0.1) is 10.6 Å². The first-order valence-electron chi connectivity index (χ1n) is 4.72. The molecule has 1 atom stereocenters. The zero-order valence-electron chi connectivity index (χ0n) is 8.74. The van der Waals surface area contributed by atoms with Gasteiger partial charge in [0.15, 0.2) is 0 Å². The van der Waals surface area contributed by atoms with E-state index >= 15 is 0 Å². The van der Waals surface area contributed by atoms with E-state index in [4.69, 9.17) is 6.42 Å². The first kappa shape index (κ1) is 11.2. The van der Waals surface area contributed by atoms with Crippen molar-refractivity contribution in [2.75, 3.05) is 6.54 Å². The lowest BCUT2D eigenvalue weighted by atomic mass is 10.1. The molecule has 4 heteroatoms. The summed E-state index contributed by atoms with van der Waals surface area (Å²) in [5.41, 5.74) is 1.01. The fourth-order valence-electron chi connectivity index (χ4n) is 1.24. The Morgan fingerprint density at radius 1 is 1.57 bits per heavy atom. The molecule has 0 bridgehead atoms. The minimum absolute atomic E-state index is 0.0441. The number of terminal acetylenes is 1. The van der Waals surface area contributed by atoms with Crippen LogP contribution in [0, 0.1) is 12.3 Å². The van der Waals surface area contributed by atoms with Crippen LogP contribution in [-0.4, -0.2) is 16.1 Å². The Balaban J connectivity index is 2.93. The monoisotopic (exact) mass is 209 g/mol. The molecular formula is C10H15N3S. The topological polar surface area (TPSA) is 37.8 Å². The standard InChI is InChI=1S/C10H15N3S/c1-5-8(11-6-2)10-9(7(3)4)12-13-14-10/h1,7-8,11H,6H2,2-4H3. The third kappa shape index (κ3) is 2.31. The van der Waals surface area contributed by atoms with Crippen molar-refractivity contribution in [3.8, 4) is 12.3 Å². The van der Waals surface area contributed by atoms with Gasteiger partial charge in [0.1, 0.15) is 6.04 Å². The molecule has 0 radical (unpaired) electrons. The number of rotatable bonds is 4. The summed E-state index contributed by atoms with van der Waals surface area (Å²) >= 11 is 1.38. The quantitative estimate of drug-likeness (QED) is 0.770. The van der Waals surface area contributed by atoms with Gasteiger partial charge in [-0.15, -0.1) is 11.5 Å². The Kier molecular flexibility index (Phi) is 4.05. The van der Waals surface area contributed by atoms with E-state index in [0.29, 0.717) is 5.92 Å². The van der Waals surface area contributed by atoms with E-state index in [-0.39, 0.29) is 6.04 Å². The van der Waals surface area contributed by atoms with E-state index in [1.54, 1.807) is 0 Å². The van der Waals surface area contributed by atoms with Crippen molar-refractivity contribution in [1.29, 1.82) is 0 Å². The molecule has 14 heavy (non-hydrogen) atoms. The summed E-state index contributed by atoms with van der Waals surface area (Å²) in [5, 5.41) is 7.32. The lowest BCUT2D eigenvalue weighted by molar-refractivity contribution is 0.657. The van der Waals surface area contributed by atoms with Crippen molar-refractivity contribution in [2.24, 2.45) is 0 Å². The van der Waals surface area contributed by atoms with Crippen LogP contribution in [0.4, 0.5) is 0 Å². The number of hydrogen-bond acceptors (Lipinski definition) is 4. The van der Waals surface area contributed by atoms with Gasteiger partial charge in [-0.1, -0.05) is 31.2 Å². The van der Waals surface area contributed by atoms with Gasteiger partial charge in [0.2, 0.25) is 0 Å². The highest BCUT2D eigenvalue weighted by Crippen LogP contribution is 2.25. The van der Waals surface area contributed by atoms with Gasteiger partial charge in [-0.25, -0.2) is 0 Å². The molecule has 1 aromatic rings. The van der Waals surface area contributed by atoms with Crippen LogP contribution in [0.25, 0.3) is 0 Å². The average molecular weight is 209 g/mol. The molecule has 0 amide bonds. The molecule has 0 saturated carbocycles. The van der Waals surface area contributed by atoms with Crippen molar-refractivity contribution < 1.29 is 0 Å². The molecule has 1 N–H and O–H groups in total. The Morgan fingerprint density at radius 2 is 2.29 bits per heavy atom. The molecule has 76 valence electrons. The second-order valence-corrected chi connectivity index (χ2v) is 4.12. The number of nitrogens with zero attached hydrogens (tertiary/aromatic N) is 2. The van der Waals surface area contributed by atoms with Crippen molar-refractivity contribution >= 4 is 11.5 Å². The Morgan fingerprint density at radius 3 is 2.79 bits per heavy atom. The normalized spacial score (nSPS) is 12.8. The third-order valence-electron chi connectivity index (χ3n) is 1.92. The molecule has 0 aliphatic carbocycles. The minimum atomic E-state index is -0.0441. The second kappa shape index (κ2) is 5.08. The van der Waals surface area contributed by atoms with Crippen LogP contribution >= 0.6 is 11.5 Å². The van der Waals surface area contributed by atoms with Gasteiger partial charge in [-0.2, -0.15) is 0 Å². The van der Waals surface area contributed by atoms with E-state index in [2.05, 4.69) is 34.7 Å². The molecule has 0 spiro atoms. The smallest absolute Gasteiger partial charge is 0.107 e. The Bertz CT molecular complexity index is 324. The fourth-order valence-corrected chi connectivity index (χ4v) is 2.08. The highest BCUT2D eigenvalue weighted by atomic mass is 32.1. The van der Waals surface area contributed by atoms with E-state index in [9.17, 15) is 0 Å².